The summed E-state index contributed by atoms with van der Waals surface area (Å²) in [6.07, 6.45) is 12.2. The molecular formula is C26H45NO2. The molecule has 0 aromatic rings. The van der Waals surface area contributed by atoms with Crippen molar-refractivity contribution < 1.29 is 9.84 Å². The second-order valence-corrected chi connectivity index (χ2v) is 11.5. The predicted octanol–water partition coefficient (Wildman–Crippen LogP) is 5.33. The molecule has 29 heavy (non-hydrogen) atoms. The zero-order chi connectivity index (χ0) is 21.0. The third-order valence-corrected chi connectivity index (χ3v) is 10.5. The van der Waals surface area contributed by atoms with E-state index >= 15 is 0 Å². The lowest BCUT2D eigenvalue weighted by atomic mass is 9.44. The topological polar surface area (TPSA) is 44.8 Å². The van der Waals surface area contributed by atoms with Gasteiger partial charge in [-0.05, 0) is 75.2 Å². The van der Waals surface area contributed by atoms with Crippen molar-refractivity contribution in [3.8, 4) is 0 Å². The quantitative estimate of drug-likeness (QED) is 0.482. The van der Waals surface area contributed by atoms with Gasteiger partial charge in [0, 0.05) is 17.9 Å². The molecular weight excluding hydrogens is 358 g/mol. The number of rotatable bonds is 5. The molecule has 0 radical (unpaired) electrons. The fourth-order valence-electron chi connectivity index (χ4n) is 8.31. The Balaban J connectivity index is 1.61. The van der Waals surface area contributed by atoms with Crippen molar-refractivity contribution in [2.45, 2.75) is 104 Å². The minimum atomic E-state index is -0.228. The SMILES string of the molecule is CC=C1CC(C(CC2C3(CCC4C(C)(CC)CCCC42C)CO3)NC)C(O)C1C. The number of ether oxygens (including phenoxy) is 1. The van der Waals surface area contributed by atoms with Crippen molar-refractivity contribution in [3.63, 3.8) is 0 Å². The van der Waals surface area contributed by atoms with E-state index in [0.717, 1.165) is 25.4 Å². The van der Waals surface area contributed by atoms with Gasteiger partial charge in [-0.1, -0.05) is 52.2 Å². The first-order valence-corrected chi connectivity index (χ1v) is 12.4. The van der Waals surface area contributed by atoms with Crippen molar-refractivity contribution in [3.05, 3.63) is 11.6 Å². The number of allylic oxidation sites excluding steroid dienone is 1. The Labute approximate surface area is 179 Å². The summed E-state index contributed by atoms with van der Waals surface area (Å²) in [5.74, 6) is 2.03. The Morgan fingerprint density at radius 3 is 2.55 bits per heavy atom. The van der Waals surface area contributed by atoms with Crippen LogP contribution < -0.4 is 5.32 Å². The fraction of sp³-hybridized carbons (Fsp3) is 0.923. The van der Waals surface area contributed by atoms with Crippen molar-refractivity contribution in [2.24, 2.45) is 34.5 Å². The van der Waals surface area contributed by atoms with Crippen LogP contribution in [0.25, 0.3) is 0 Å². The maximum absolute atomic E-state index is 11.0. The Hall–Kier alpha value is -0.380. The van der Waals surface area contributed by atoms with E-state index in [1.807, 2.05) is 0 Å². The Morgan fingerprint density at radius 1 is 1.28 bits per heavy atom. The Kier molecular flexibility index (Phi) is 5.75. The molecule has 1 aliphatic heterocycles. The number of aliphatic hydroxyl groups excluding tert-OH is 1. The molecule has 0 bridgehead atoms. The second-order valence-electron chi connectivity index (χ2n) is 11.5. The largest absolute Gasteiger partial charge is 0.392 e. The molecule has 3 nitrogen and oxygen atoms in total. The summed E-state index contributed by atoms with van der Waals surface area (Å²) >= 11 is 0. The molecule has 3 saturated carbocycles. The summed E-state index contributed by atoms with van der Waals surface area (Å²) < 4.78 is 6.26. The average Bonchev–Trinajstić information content (AvgIpc) is 3.42. The number of fused-ring (bicyclic) bond motifs is 1. The van der Waals surface area contributed by atoms with E-state index in [1.54, 1.807) is 0 Å². The lowest BCUT2D eigenvalue weighted by Crippen LogP contribution is -2.57. The summed E-state index contributed by atoms with van der Waals surface area (Å²) in [5, 5.41) is 14.7. The van der Waals surface area contributed by atoms with Gasteiger partial charge >= 0.3 is 0 Å². The van der Waals surface area contributed by atoms with E-state index in [-0.39, 0.29) is 11.7 Å². The van der Waals surface area contributed by atoms with Crippen LogP contribution in [0.4, 0.5) is 0 Å². The fourth-order valence-corrected chi connectivity index (χ4v) is 8.31. The smallest absolute Gasteiger partial charge is 0.0950 e. The highest BCUT2D eigenvalue weighted by Crippen LogP contribution is 2.67. The first-order valence-electron chi connectivity index (χ1n) is 12.4. The van der Waals surface area contributed by atoms with Crippen LogP contribution in [0.3, 0.4) is 0 Å². The molecule has 3 heteroatoms. The third-order valence-electron chi connectivity index (χ3n) is 10.5. The summed E-state index contributed by atoms with van der Waals surface area (Å²) in [5.41, 5.74) is 2.41. The minimum Gasteiger partial charge on any atom is -0.392 e. The highest BCUT2D eigenvalue weighted by atomic mass is 16.6. The van der Waals surface area contributed by atoms with Crippen molar-refractivity contribution >= 4 is 0 Å². The molecule has 4 aliphatic rings. The normalized spacial score (nSPS) is 52.0. The van der Waals surface area contributed by atoms with Gasteiger partial charge in [-0.2, -0.15) is 0 Å². The molecule has 166 valence electrons. The van der Waals surface area contributed by atoms with Crippen LogP contribution in [0.5, 0.6) is 0 Å². The van der Waals surface area contributed by atoms with Gasteiger partial charge < -0.3 is 15.2 Å². The van der Waals surface area contributed by atoms with Crippen molar-refractivity contribution in [2.75, 3.05) is 13.7 Å². The molecule has 1 heterocycles. The van der Waals surface area contributed by atoms with E-state index in [1.165, 1.54) is 44.1 Å². The Morgan fingerprint density at radius 2 is 2.00 bits per heavy atom. The second kappa shape index (κ2) is 7.64. The summed E-state index contributed by atoms with van der Waals surface area (Å²) in [4.78, 5) is 0. The Bertz CT molecular complexity index is 641. The van der Waals surface area contributed by atoms with E-state index in [9.17, 15) is 5.11 Å². The highest BCUT2D eigenvalue weighted by molar-refractivity contribution is 5.18. The van der Waals surface area contributed by atoms with Gasteiger partial charge in [-0.25, -0.2) is 0 Å². The zero-order valence-electron chi connectivity index (χ0n) is 19.8. The van der Waals surface area contributed by atoms with E-state index in [2.05, 4.69) is 53.1 Å². The minimum absolute atomic E-state index is 0.130. The lowest BCUT2D eigenvalue weighted by Gasteiger charge is -2.60. The molecule has 1 saturated heterocycles. The van der Waals surface area contributed by atoms with Crippen LogP contribution in [-0.2, 0) is 4.74 Å². The average molecular weight is 404 g/mol. The molecule has 2 N–H and O–H groups in total. The van der Waals surface area contributed by atoms with Gasteiger partial charge in [0.1, 0.15) is 0 Å². The van der Waals surface area contributed by atoms with Gasteiger partial charge in [0.25, 0.3) is 0 Å². The number of hydrogen-bond donors (Lipinski definition) is 2. The summed E-state index contributed by atoms with van der Waals surface area (Å²) in [7, 11) is 2.11. The molecule has 0 amide bonds. The van der Waals surface area contributed by atoms with E-state index in [0.29, 0.717) is 34.6 Å². The standard InChI is InChI=1S/C26H45NO2/c1-7-18-14-19(23(28)17(18)3)20(27-6)15-22-25(5)12-9-11-24(4,8-2)21(25)10-13-26(22)16-29-26/h7,17,19-23,27-28H,8-16H2,1-6H3. The van der Waals surface area contributed by atoms with Crippen molar-refractivity contribution in [1.29, 1.82) is 0 Å². The van der Waals surface area contributed by atoms with Crippen LogP contribution in [0.15, 0.2) is 11.6 Å². The third kappa shape index (κ3) is 3.34. The number of epoxide rings is 1. The molecule has 0 aromatic heterocycles. The number of aliphatic hydroxyl groups is 1. The highest BCUT2D eigenvalue weighted by Gasteiger charge is 2.65. The summed E-state index contributed by atoms with van der Waals surface area (Å²) in [6.45, 7) is 12.9. The number of nitrogens with one attached hydrogen (secondary N) is 1. The van der Waals surface area contributed by atoms with E-state index < -0.39 is 0 Å². The van der Waals surface area contributed by atoms with Crippen LogP contribution >= 0.6 is 0 Å². The molecule has 0 aromatic carbocycles. The molecule has 3 aliphatic carbocycles. The van der Waals surface area contributed by atoms with Gasteiger partial charge in [-0.3, -0.25) is 0 Å². The van der Waals surface area contributed by atoms with Crippen LogP contribution in [0.2, 0.25) is 0 Å². The molecule has 9 unspecified atom stereocenters. The van der Waals surface area contributed by atoms with Gasteiger partial charge in [-0.15, -0.1) is 0 Å². The van der Waals surface area contributed by atoms with Gasteiger partial charge in [0.15, 0.2) is 0 Å². The monoisotopic (exact) mass is 403 g/mol. The lowest BCUT2D eigenvalue weighted by molar-refractivity contribution is -0.119. The maximum Gasteiger partial charge on any atom is 0.0950 e. The molecule has 4 rings (SSSR count). The number of hydrogen-bond acceptors (Lipinski definition) is 3. The van der Waals surface area contributed by atoms with E-state index in [4.69, 9.17) is 4.74 Å². The molecule has 9 atom stereocenters. The summed E-state index contributed by atoms with van der Waals surface area (Å²) in [6, 6.07) is 0.362. The van der Waals surface area contributed by atoms with Crippen LogP contribution in [-0.4, -0.2) is 36.5 Å². The molecule has 4 fully saturated rings. The van der Waals surface area contributed by atoms with Crippen molar-refractivity contribution in [1.82, 2.24) is 5.32 Å². The van der Waals surface area contributed by atoms with Crippen LogP contribution in [0, 0.1) is 34.5 Å². The molecule has 1 spiro atoms. The van der Waals surface area contributed by atoms with Gasteiger partial charge in [0.2, 0.25) is 0 Å². The van der Waals surface area contributed by atoms with Gasteiger partial charge in [0.05, 0.1) is 18.3 Å². The van der Waals surface area contributed by atoms with Crippen LogP contribution in [0.1, 0.15) is 86.0 Å². The first-order chi connectivity index (χ1) is 13.7. The maximum atomic E-state index is 11.0. The first kappa shape index (κ1) is 21.8. The predicted molar refractivity (Wildman–Crippen MR) is 120 cm³/mol. The zero-order valence-corrected chi connectivity index (χ0v) is 19.8.